The van der Waals surface area contributed by atoms with E-state index in [1.807, 2.05) is 0 Å². The Hall–Kier alpha value is -3.46. The van der Waals surface area contributed by atoms with Crippen LogP contribution in [0.4, 0.5) is 0 Å². The fourth-order valence-electron chi connectivity index (χ4n) is 3.46. The molecule has 0 aliphatic heterocycles. The van der Waals surface area contributed by atoms with Crippen molar-refractivity contribution in [3.8, 4) is 0 Å². The smallest absolute Gasteiger partial charge is 0.326 e. The number of hydrogen-bond donors (Lipinski definition) is 9. The first-order valence-electron chi connectivity index (χ1n) is 12.8. The van der Waals surface area contributed by atoms with E-state index in [4.69, 9.17) is 28.7 Å². The van der Waals surface area contributed by atoms with Gasteiger partial charge in [-0.05, 0) is 51.0 Å². The Bertz CT molecular complexity index is 819. The van der Waals surface area contributed by atoms with Crippen molar-refractivity contribution in [2.45, 2.75) is 89.4 Å². The van der Waals surface area contributed by atoms with Gasteiger partial charge in [0.15, 0.2) is 5.96 Å². The second-order valence-electron chi connectivity index (χ2n) is 9.18. The number of carboxylic acids is 1. The number of carbonyl (C=O) groups excluding carboxylic acids is 4. The summed E-state index contributed by atoms with van der Waals surface area (Å²) in [7, 11) is 0. The third kappa shape index (κ3) is 14.3. The van der Waals surface area contributed by atoms with Crippen LogP contribution in [0.15, 0.2) is 4.99 Å². The Labute approximate surface area is 223 Å². The predicted molar refractivity (Wildman–Crippen MR) is 142 cm³/mol. The van der Waals surface area contributed by atoms with Crippen molar-refractivity contribution >= 4 is 35.6 Å². The third-order valence-electron chi connectivity index (χ3n) is 5.97. The lowest BCUT2D eigenvalue weighted by atomic mass is 9.98. The lowest BCUT2D eigenvalue weighted by Crippen LogP contribution is -2.57. The topological polar surface area (TPSA) is 284 Å². The van der Waals surface area contributed by atoms with E-state index in [-0.39, 0.29) is 44.1 Å². The van der Waals surface area contributed by atoms with Crippen LogP contribution in [0.3, 0.4) is 0 Å². The molecule has 0 radical (unpaired) electrons. The number of hydrogen-bond acceptors (Lipinski definition) is 8. The maximum Gasteiger partial charge on any atom is 0.326 e. The van der Waals surface area contributed by atoms with Crippen molar-refractivity contribution < 1.29 is 29.1 Å². The van der Waals surface area contributed by atoms with Crippen LogP contribution in [0.5, 0.6) is 0 Å². The summed E-state index contributed by atoms with van der Waals surface area (Å²) in [4.78, 5) is 65.6. The van der Waals surface area contributed by atoms with E-state index in [1.165, 1.54) is 0 Å². The highest BCUT2D eigenvalue weighted by Gasteiger charge is 2.32. The quantitative estimate of drug-likeness (QED) is 0.0436. The molecule has 0 aromatic carbocycles. The van der Waals surface area contributed by atoms with E-state index in [1.54, 1.807) is 13.8 Å². The number of rotatable bonds is 20. The van der Waals surface area contributed by atoms with Crippen molar-refractivity contribution in [3.63, 3.8) is 0 Å². The zero-order valence-corrected chi connectivity index (χ0v) is 22.3. The summed E-state index contributed by atoms with van der Waals surface area (Å²) >= 11 is 0. The molecule has 0 saturated heterocycles. The van der Waals surface area contributed by atoms with E-state index in [9.17, 15) is 29.1 Å². The Morgan fingerprint density at radius 3 is 1.95 bits per heavy atom. The summed E-state index contributed by atoms with van der Waals surface area (Å²) < 4.78 is 0. The molecule has 0 spiro atoms. The molecule has 0 aromatic heterocycles. The van der Waals surface area contributed by atoms with E-state index in [0.29, 0.717) is 32.2 Å². The number of nitrogens with zero attached hydrogens (tertiary/aromatic N) is 1. The molecule has 0 aliphatic rings. The summed E-state index contributed by atoms with van der Waals surface area (Å²) in [6.45, 7) is 4.11. The van der Waals surface area contributed by atoms with Gasteiger partial charge in [0, 0.05) is 13.0 Å². The number of nitrogens with one attached hydrogen (secondary N) is 3. The number of aliphatic imine (C=N–C) groups is 1. The van der Waals surface area contributed by atoms with Crippen LogP contribution in [-0.4, -0.2) is 77.9 Å². The highest BCUT2D eigenvalue weighted by molar-refractivity contribution is 5.94. The lowest BCUT2D eigenvalue weighted by Gasteiger charge is -2.26. The van der Waals surface area contributed by atoms with Gasteiger partial charge in [-0.15, -0.1) is 0 Å². The average molecular weight is 544 g/mol. The fourth-order valence-corrected chi connectivity index (χ4v) is 3.46. The molecule has 38 heavy (non-hydrogen) atoms. The van der Waals surface area contributed by atoms with Gasteiger partial charge in [-0.2, -0.15) is 0 Å². The van der Waals surface area contributed by atoms with Gasteiger partial charge in [0.05, 0.1) is 6.04 Å². The van der Waals surface area contributed by atoms with Gasteiger partial charge in [0.1, 0.15) is 18.1 Å². The molecular weight excluding hydrogens is 498 g/mol. The molecule has 0 heterocycles. The first-order chi connectivity index (χ1) is 17.8. The van der Waals surface area contributed by atoms with Gasteiger partial charge in [-0.25, -0.2) is 4.79 Å². The van der Waals surface area contributed by atoms with E-state index >= 15 is 0 Å². The number of aliphatic carboxylic acids is 1. The Morgan fingerprint density at radius 1 is 0.842 bits per heavy atom. The molecule has 218 valence electrons. The Balaban J connectivity index is 5.55. The Kier molecular flexibility index (Phi) is 17.0. The largest absolute Gasteiger partial charge is 0.480 e. The average Bonchev–Trinajstić information content (AvgIpc) is 2.85. The summed E-state index contributed by atoms with van der Waals surface area (Å²) in [6.07, 6.45) is 2.09. The standard InChI is InChI=1S/C23H45N9O6/c1-3-13(2)18(22(37)38)32-21(36)16(9-10-17(26)33)31-20(35)15(8-4-5-11-24)30-19(34)14(25)7-6-12-29-23(27)28/h13-16,18H,3-12,24-25H2,1-2H3,(H2,26,33)(H,30,34)(H,31,35)(H,32,36)(H,37,38)(H4,27,28,29). The highest BCUT2D eigenvalue weighted by Crippen LogP contribution is 2.10. The second-order valence-corrected chi connectivity index (χ2v) is 9.18. The number of amides is 4. The van der Waals surface area contributed by atoms with Gasteiger partial charge in [-0.1, -0.05) is 20.3 Å². The zero-order chi connectivity index (χ0) is 29.3. The van der Waals surface area contributed by atoms with Crippen LogP contribution in [0, 0.1) is 5.92 Å². The minimum Gasteiger partial charge on any atom is -0.480 e. The van der Waals surface area contributed by atoms with Crippen molar-refractivity contribution in [2.75, 3.05) is 13.1 Å². The molecule has 0 aliphatic carbocycles. The molecule has 5 atom stereocenters. The number of unbranched alkanes of at least 4 members (excludes halogenated alkanes) is 1. The highest BCUT2D eigenvalue weighted by atomic mass is 16.4. The van der Waals surface area contributed by atoms with Gasteiger partial charge < -0.3 is 49.7 Å². The first kappa shape index (κ1) is 34.5. The summed E-state index contributed by atoms with van der Waals surface area (Å²) in [5.41, 5.74) is 27.2. The van der Waals surface area contributed by atoms with Crippen LogP contribution in [0.2, 0.25) is 0 Å². The van der Waals surface area contributed by atoms with Crippen LogP contribution in [0.25, 0.3) is 0 Å². The maximum absolute atomic E-state index is 13.1. The molecule has 0 aromatic rings. The predicted octanol–water partition coefficient (Wildman–Crippen LogP) is -2.65. The second kappa shape index (κ2) is 18.7. The SMILES string of the molecule is CCC(C)C(NC(=O)C(CCC(N)=O)NC(=O)C(CCCCN)NC(=O)C(N)CCCN=C(N)N)C(=O)O. The van der Waals surface area contributed by atoms with Crippen LogP contribution in [0.1, 0.15) is 65.2 Å². The minimum atomic E-state index is -1.26. The number of carbonyl (C=O) groups is 5. The van der Waals surface area contributed by atoms with Crippen molar-refractivity contribution in [2.24, 2.45) is 39.6 Å². The maximum atomic E-state index is 13.1. The molecule has 14 N–H and O–H groups in total. The number of guanidine groups is 1. The van der Waals surface area contributed by atoms with Gasteiger partial charge in [0.25, 0.3) is 0 Å². The minimum absolute atomic E-state index is 0.0755. The van der Waals surface area contributed by atoms with Crippen molar-refractivity contribution in [1.29, 1.82) is 0 Å². The first-order valence-corrected chi connectivity index (χ1v) is 12.8. The van der Waals surface area contributed by atoms with Gasteiger partial charge >= 0.3 is 5.97 Å². The lowest BCUT2D eigenvalue weighted by molar-refractivity contribution is -0.144. The van der Waals surface area contributed by atoms with Crippen molar-refractivity contribution in [3.05, 3.63) is 0 Å². The Morgan fingerprint density at radius 2 is 1.42 bits per heavy atom. The third-order valence-corrected chi connectivity index (χ3v) is 5.97. The fraction of sp³-hybridized carbons (Fsp3) is 0.739. The molecule has 0 rings (SSSR count). The van der Waals surface area contributed by atoms with Crippen molar-refractivity contribution in [1.82, 2.24) is 16.0 Å². The molecule has 0 fully saturated rings. The van der Waals surface area contributed by atoms with Gasteiger partial charge in [-0.3, -0.25) is 24.2 Å². The molecule has 0 saturated carbocycles. The van der Waals surface area contributed by atoms with E-state index < -0.39 is 53.8 Å². The summed E-state index contributed by atoms with van der Waals surface area (Å²) in [5.74, 6) is -4.45. The van der Waals surface area contributed by atoms with Gasteiger partial charge in [0.2, 0.25) is 23.6 Å². The molecule has 4 amide bonds. The van der Waals surface area contributed by atoms with Crippen LogP contribution >= 0.6 is 0 Å². The summed E-state index contributed by atoms with van der Waals surface area (Å²) in [6, 6.07) is -4.44. The molecule has 5 unspecified atom stereocenters. The molecule has 15 nitrogen and oxygen atoms in total. The molecular formula is C23H45N9O6. The number of carboxylic acid groups (broad SMARTS) is 1. The van der Waals surface area contributed by atoms with E-state index in [0.717, 1.165) is 0 Å². The zero-order valence-electron chi connectivity index (χ0n) is 22.3. The van der Waals surface area contributed by atoms with Crippen LogP contribution in [-0.2, 0) is 24.0 Å². The number of primary amides is 1. The monoisotopic (exact) mass is 543 g/mol. The summed E-state index contributed by atoms with van der Waals surface area (Å²) in [5, 5.41) is 17.1. The number of nitrogens with two attached hydrogens (primary N) is 5. The molecule has 0 bridgehead atoms. The van der Waals surface area contributed by atoms with Crippen LogP contribution < -0.4 is 44.6 Å². The normalized spacial score (nSPS) is 14.7. The van der Waals surface area contributed by atoms with E-state index in [2.05, 4.69) is 20.9 Å². The molecule has 15 heteroatoms.